The first-order chi connectivity index (χ1) is 11.4. The van der Waals surface area contributed by atoms with Crippen LogP contribution in [-0.4, -0.2) is 28.8 Å². The molecule has 0 radical (unpaired) electrons. The van der Waals surface area contributed by atoms with E-state index in [1.807, 2.05) is 6.07 Å². The van der Waals surface area contributed by atoms with Gasteiger partial charge < -0.3 is 11.2 Å². The van der Waals surface area contributed by atoms with Crippen molar-refractivity contribution in [2.45, 2.75) is 13.5 Å². The maximum atomic E-state index is 12.6. The summed E-state index contributed by atoms with van der Waals surface area (Å²) in [5.74, 6) is -2.76. The SMILES string of the molecule is C/C=C(/NNC(N)=O)[C@H]1C(=O)NC(=O)N(Cc2ccccc2)C1=O. The summed E-state index contributed by atoms with van der Waals surface area (Å²) in [5, 5.41) is 2.13. The number of carbonyl (C=O) groups excluding carboxylic acids is 4. The van der Waals surface area contributed by atoms with Crippen molar-refractivity contribution in [1.82, 2.24) is 21.1 Å². The zero-order chi connectivity index (χ0) is 17.7. The minimum absolute atomic E-state index is 0.0233. The maximum absolute atomic E-state index is 12.6. The smallest absolute Gasteiger partial charge is 0.331 e. The number of allylic oxidation sites excluding steroid dienone is 1. The average molecular weight is 331 g/mol. The van der Waals surface area contributed by atoms with Crippen molar-refractivity contribution in [1.29, 1.82) is 0 Å². The lowest BCUT2D eigenvalue weighted by atomic mass is 10.00. The van der Waals surface area contributed by atoms with E-state index in [2.05, 4.69) is 16.2 Å². The molecule has 1 atom stereocenters. The van der Waals surface area contributed by atoms with Gasteiger partial charge in [0, 0.05) is 5.70 Å². The third kappa shape index (κ3) is 3.69. The summed E-state index contributed by atoms with van der Waals surface area (Å²) in [6.07, 6.45) is 1.44. The van der Waals surface area contributed by atoms with Gasteiger partial charge in [-0.05, 0) is 12.5 Å². The third-order valence-electron chi connectivity index (χ3n) is 3.39. The van der Waals surface area contributed by atoms with Crippen molar-refractivity contribution in [3.05, 3.63) is 47.7 Å². The fraction of sp³-hybridized carbons (Fsp3) is 0.200. The van der Waals surface area contributed by atoms with Crippen LogP contribution in [0.1, 0.15) is 12.5 Å². The number of carbonyl (C=O) groups is 4. The first kappa shape index (κ1) is 17.0. The molecule has 0 spiro atoms. The number of rotatable bonds is 5. The number of nitrogens with zero attached hydrogens (tertiary/aromatic N) is 1. The maximum Gasteiger partial charge on any atom is 0.331 e. The summed E-state index contributed by atoms with van der Waals surface area (Å²) in [4.78, 5) is 48.4. The first-order valence-electron chi connectivity index (χ1n) is 7.11. The highest BCUT2D eigenvalue weighted by Gasteiger charge is 2.42. The van der Waals surface area contributed by atoms with Crippen molar-refractivity contribution < 1.29 is 19.2 Å². The first-order valence-corrected chi connectivity index (χ1v) is 7.11. The molecule has 1 aromatic rings. The van der Waals surface area contributed by atoms with Crippen LogP contribution in [0, 0.1) is 5.92 Å². The van der Waals surface area contributed by atoms with Crippen LogP contribution in [0.5, 0.6) is 0 Å². The van der Waals surface area contributed by atoms with Crippen LogP contribution < -0.4 is 21.9 Å². The third-order valence-corrected chi connectivity index (χ3v) is 3.39. The zero-order valence-corrected chi connectivity index (χ0v) is 12.9. The van der Waals surface area contributed by atoms with Gasteiger partial charge in [0.05, 0.1) is 6.54 Å². The van der Waals surface area contributed by atoms with Crippen molar-refractivity contribution in [3.63, 3.8) is 0 Å². The molecule has 0 saturated carbocycles. The zero-order valence-electron chi connectivity index (χ0n) is 12.9. The Balaban J connectivity index is 2.22. The fourth-order valence-corrected chi connectivity index (χ4v) is 2.25. The molecule has 5 N–H and O–H groups in total. The van der Waals surface area contributed by atoms with Gasteiger partial charge in [-0.3, -0.25) is 25.2 Å². The van der Waals surface area contributed by atoms with Crippen molar-refractivity contribution in [3.8, 4) is 0 Å². The van der Waals surface area contributed by atoms with E-state index < -0.39 is 29.8 Å². The number of primary amides is 1. The van der Waals surface area contributed by atoms with Crippen LogP contribution in [0.25, 0.3) is 0 Å². The number of benzene rings is 1. The van der Waals surface area contributed by atoms with E-state index in [-0.39, 0.29) is 12.2 Å². The monoisotopic (exact) mass is 331 g/mol. The fourth-order valence-electron chi connectivity index (χ4n) is 2.25. The average Bonchev–Trinajstić information content (AvgIpc) is 2.55. The molecule has 1 saturated heterocycles. The van der Waals surface area contributed by atoms with E-state index in [1.165, 1.54) is 6.08 Å². The van der Waals surface area contributed by atoms with E-state index in [4.69, 9.17) is 5.73 Å². The molecule has 2 rings (SSSR count). The van der Waals surface area contributed by atoms with Crippen molar-refractivity contribution in [2.75, 3.05) is 0 Å². The lowest BCUT2D eigenvalue weighted by Crippen LogP contribution is -2.59. The number of hydrogen-bond donors (Lipinski definition) is 4. The molecule has 126 valence electrons. The Kier molecular flexibility index (Phi) is 5.15. The Bertz CT molecular complexity index is 701. The van der Waals surface area contributed by atoms with Crippen LogP contribution in [-0.2, 0) is 16.1 Å². The molecule has 24 heavy (non-hydrogen) atoms. The Morgan fingerprint density at radius 1 is 1.25 bits per heavy atom. The van der Waals surface area contributed by atoms with Gasteiger partial charge in [0.1, 0.15) is 0 Å². The van der Waals surface area contributed by atoms with Crippen LogP contribution in [0.2, 0.25) is 0 Å². The van der Waals surface area contributed by atoms with Crippen LogP contribution in [0.4, 0.5) is 9.59 Å². The molecule has 9 nitrogen and oxygen atoms in total. The van der Waals surface area contributed by atoms with Crippen LogP contribution in [0.15, 0.2) is 42.1 Å². The predicted molar refractivity (Wildman–Crippen MR) is 83.6 cm³/mol. The van der Waals surface area contributed by atoms with Gasteiger partial charge in [-0.2, -0.15) is 0 Å². The highest BCUT2D eigenvalue weighted by Crippen LogP contribution is 2.19. The van der Waals surface area contributed by atoms with Gasteiger partial charge in [0.2, 0.25) is 11.8 Å². The van der Waals surface area contributed by atoms with Gasteiger partial charge in [-0.1, -0.05) is 36.4 Å². The Hall–Kier alpha value is -3.36. The molecule has 6 amide bonds. The minimum atomic E-state index is -1.29. The number of barbiturate groups is 1. The van der Waals surface area contributed by atoms with Crippen molar-refractivity contribution >= 4 is 23.9 Å². The lowest BCUT2D eigenvalue weighted by molar-refractivity contribution is -0.141. The summed E-state index contributed by atoms with van der Waals surface area (Å²) < 4.78 is 0. The second-order valence-corrected chi connectivity index (χ2v) is 5.00. The van der Waals surface area contributed by atoms with E-state index >= 15 is 0 Å². The van der Waals surface area contributed by atoms with E-state index in [1.54, 1.807) is 31.2 Å². The minimum Gasteiger partial charge on any atom is -0.350 e. The van der Waals surface area contributed by atoms with Crippen LogP contribution in [0.3, 0.4) is 0 Å². The topological polar surface area (TPSA) is 134 Å². The number of nitrogens with one attached hydrogen (secondary N) is 3. The summed E-state index contributed by atoms with van der Waals surface area (Å²) in [6, 6.07) is 7.22. The van der Waals surface area contributed by atoms with Gasteiger partial charge >= 0.3 is 12.1 Å². The highest BCUT2D eigenvalue weighted by molar-refractivity contribution is 6.17. The van der Waals surface area contributed by atoms with Crippen molar-refractivity contribution in [2.24, 2.45) is 11.7 Å². The number of nitrogens with two attached hydrogens (primary N) is 1. The molecule has 0 bridgehead atoms. The number of imide groups is 2. The van der Waals surface area contributed by atoms with Gasteiger partial charge in [0.15, 0.2) is 5.92 Å². The van der Waals surface area contributed by atoms with Gasteiger partial charge in [-0.15, -0.1) is 0 Å². The highest BCUT2D eigenvalue weighted by atomic mass is 16.2. The molecule has 9 heteroatoms. The lowest BCUT2D eigenvalue weighted by Gasteiger charge is -2.31. The summed E-state index contributed by atoms with van der Waals surface area (Å²) in [5.41, 5.74) is 10.3. The Morgan fingerprint density at radius 3 is 2.50 bits per heavy atom. The van der Waals surface area contributed by atoms with E-state index in [0.717, 1.165) is 10.5 Å². The second-order valence-electron chi connectivity index (χ2n) is 5.00. The number of amides is 6. The Labute approximate surface area is 137 Å². The predicted octanol–water partition coefficient (Wildman–Crippen LogP) is -0.0421. The molecule has 0 aromatic heterocycles. The molecule has 1 aliphatic rings. The molecule has 1 heterocycles. The molecule has 0 aliphatic carbocycles. The molecule has 1 aromatic carbocycles. The molecular formula is C15H17N5O4. The molecule has 1 aliphatic heterocycles. The largest absolute Gasteiger partial charge is 0.350 e. The standard InChI is InChI=1S/C15H17N5O4/c1-2-10(18-19-14(16)23)11-12(21)17-15(24)20(13(11)22)8-9-6-4-3-5-7-9/h2-7,11,18H,8H2,1H3,(H3,16,19,23)(H,17,21,24)/b10-2+/t11-/m0/s1. The number of urea groups is 2. The van der Waals surface area contributed by atoms with E-state index in [0.29, 0.717) is 0 Å². The molecule has 1 fully saturated rings. The summed E-state index contributed by atoms with van der Waals surface area (Å²) in [7, 11) is 0. The summed E-state index contributed by atoms with van der Waals surface area (Å²) in [6.45, 7) is 1.60. The quantitative estimate of drug-likeness (QED) is 0.444. The second kappa shape index (κ2) is 7.27. The molecule has 0 unspecified atom stereocenters. The van der Waals surface area contributed by atoms with E-state index in [9.17, 15) is 19.2 Å². The summed E-state index contributed by atoms with van der Waals surface area (Å²) >= 11 is 0. The van der Waals surface area contributed by atoms with Crippen LogP contribution >= 0.6 is 0 Å². The molecular weight excluding hydrogens is 314 g/mol. The number of hydrazine groups is 1. The van der Waals surface area contributed by atoms with Gasteiger partial charge in [0.25, 0.3) is 0 Å². The Morgan fingerprint density at radius 2 is 1.92 bits per heavy atom. The number of hydrogen-bond acceptors (Lipinski definition) is 5. The van der Waals surface area contributed by atoms with Gasteiger partial charge in [-0.25, -0.2) is 9.59 Å². The normalized spacial score (nSPS) is 18.2.